The van der Waals surface area contributed by atoms with Crippen molar-refractivity contribution >= 4 is 15.7 Å². The number of non-ortho nitro benzene ring substituents is 1. The van der Waals surface area contributed by atoms with E-state index in [1.54, 1.807) is 6.92 Å². The molecular weight excluding hydrogens is 272 g/mol. The summed E-state index contributed by atoms with van der Waals surface area (Å²) >= 11 is 0. The Morgan fingerprint density at radius 1 is 1.37 bits per heavy atom. The predicted molar refractivity (Wildman–Crippen MR) is 70.0 cm³/mol. The fourth-order valence-electron chi connectivity index (χ4n) is 1.32. The molecule has 106 valence electrons. The summed E-state index contributed by atoms with van der Waals surface area (Å²) in [5, 5.41) is 19.3. The molecule has 0 aliphatic carbocycles. The van der Waals surface area contributed by atoms with Crippen molar-refractivity contribution in [3.63, 3.8) is 0 Å². The summed E-state index contributed by atoms with van der Waals surface area (Å²) < 4.78 is 25.8. The van der Waals surface area contributed by atoms with Crippen molar-refractivity contribution in [2.24, 2.45) is 5.92 Å². The molecule has 1 rings (SSSR count). The van der Waals surface area contributed by atoms with Gasteiger partial charge in [-0.05, 0) is 11.5 Å². The third kappa shape index (κ3) is 5.33. The molecule has 8 heteroatoms. The molecule has 0 spiro atoms. The van der Waals surface area contributed by atoms with E-state index < -0.39 is 14.9 Å². The Labute approximate surface area is 111 Å². The second kappa shape index (κ2) is 6.60. The normalized spacial score (nSPS) is 13.2. The van der Waals surface area contributed by atoms with Gasteiger partial charge < -0.3 is 5.11 Å². The average molecular weight is 288 g/mol. The molecule has 0 aromatic heterocycles. The number of nitrogens with one attached hydrogen (secondary N) is 1. The zero-order chi connectivity index (χ0) is 14.5. The molecule has 0 fully saturated rings. The lowest BCUT2D eigenvalue weighted by molar-refractivity contribution is -0.384. The molecule has 1 aromatic rings. The van der Waals surface area contributed by atoms with Crippen LogP contribution >= 0.6 is 0 Å². The minimum atomic E-state index is -3.50. The molecule has 0 aliphatic rings. The summed E-state index contributed by atoms with van der Waals surface area (Å²) in [7, 11) is -3.50. The molecule has 0 heterocycles. The quantitative estimate of drug-likeness (QED) is 0.565. The smallest absolute Gasteiger partial charge is 0.269 e. The van der Waals surface area contributed by atoms with Gasteiger partial charge >= 0.3 is 0 Å². The molecule has 1 aromatic carbocycles. The molecule has 0 saturated heterocycles. The molecule has 0 aliphatic heterocycles. The largest absolute Gasteiger partial charge is 0.396 e. The van der Waals surface area contributed by atoms with Crippen molar-refractivity contribution in [1.82, 2.24) is 4.72 Å². The summed E-state index contributed by atoms with van der Waals surface area (Å²) in [6, 6.07) is 5.35. The summed E-state index contributed by atoms with van der Waals surface area (Å²) in [5.41, 5.74) is 0.387. The Hall–Kier alpha value is -1.51. The first kappa shape index (κ1) is 15.5. The highest BCUT2D eigenvalue weighted by molar-refractivity contribution is 7.88. The zero-order valence-electron chi connectivity index (χ0n) is 10.4. The first-order valence-electron chi connectivity index (χ1n) is 5.65. The van der Waals surface area contributed by atoms with E-state index >= 15 is 0 Å². The van der Waals surface area contributed by atoms with Crippen LogP contribution in [0.4, 0.5) is 5.69 Å². The van der Waals surface area contributed by atoms with Gasteiger partial charge in [-0.15, -0.1) is 0 Å². The number of aliphatic hydroxyl groups excluding tert-OH is 1. The van der Waals surface area contributed by atoms with E-state index in [2.05, 4.69) is 4.72 Å². The lowest BCUT2D eigenvalue weighted by Crippen LogP contribution is -2.30. The molecule has 0 bridgehead atoms. The summed E-state index contributed by atoms with van der Waals surface area (Å²) in [6.07, 6.45) is 0. The van der Waals surface area contributed by atoms with Gasteiger partial charge in [-0.25, -0.2) is 13.1 Å². The van der Waals surface area contributed by atoms with Crippen molar-refractivity contribution in [1.29, 1.82) is 0 Å². The zero-order valence-corrected chi connectivity index (χ0v) is 11.3. The number of hydrogen-bond donors (Lipinski definition) is 2. The van der Waals surface area contributed by atoms with Crippen LogP contribution in [0.15, 0.2) is 24.3 Å². The van der Waals surface area contributed by atoms with Gasteiger partial charge in [0.2, 0.25) is 10.0 Å². The summed E-state index contributed by atoms with van der Waals surface area (Å²) in [5.74, 6) is -0.407. The van der Waals surface area contributed by atoms with Crippen LogP contribution in [-0.4, -0.2) is 31.6 Å². The number of aliphatic hydroxyl groups is 1. The Morgan fingerprint density at radius 2 is 1.95 bits per heavy atom. The highest BCUT2D eigenvalue weighted by Gasteiger charge is 2.13. The second-order valence-corrected chi connectivity index (χ2v) is 6.13. The standard InChI is InChI=1S/C11H16N2O5S/c1-9(7-14)6-12-19(17,18)8-10-2-4-11(5-3-10)13(15)16/h2-5,9,12,14H,6-8H2,1H3. The van der Waals surface area contributed by atoms with Crippen molar-refractivity contribution < 1.29 is 18.4 Å². The second-order valence-electron chi connectivity index (χ2n) is 4.32. The van der Waals surface area contributed by atoms with Crippen LogP contribution in [0.3, 0.4) is 0 Å². The lowest BCUT2D eigenvalue weighted by Gasteiger charge is -2.10. The van der Waals surface area contributed by atoms with Gasteiger partial charge in [0.1, 0.15) is 0 Å². The van der Waals surface area contributed by atoms with Crippen molar-refractivity contribution in [2.45, 2.75) is 12.7 Å². The number of rotatable bonds is 7. The van der Waals surface area contributed by atoms with E-state index in [1.807, 2.05) is 0 Å². The maximum Gasteiger partial charge on any atom is 0.269 e. The van der Waals surface area contributed by atoms with Gasteiger partial charge in [-0.1, -0.05) is 19.1 Å². The van der Waals surface area contributed by atoms with Gasteiger partial charge in [0, 0.05) is 25.3 Å². The number of nitrogens with zero attached hydrogens (tertiary/aromatic N) is 1. The molecule has 1 unspecified atom stereocenters. The predicted octanol–water partition coefficient (Wildman–Crippen LogP) is 0.643. The first-order valence-corrected chi connectivity index (χ1v) is 7.31. The minimum absolute atomic E-state index is 0.0805. The molecule has 1 atom stereocenters. The Bertz CT molecular complexity index is 527. The molecule has 0 amide bonds. The Morgan fingerprint density at radius 3 is 2.42 bits per heavy atom. The molecular formula is C11H16N2O5S. The monoisotopic (exact) mass is 288 g/mol. The minimum Gasteiger partial charge on any atom is -0.396 e. The van der Waals surface area contributed by atoms with Crippen LogP contribution in [0.1, 0.15) is 12.5 Å². The van der Waals surface area contributed by atoms with Crippen molar-refractivity contribution in [3.05, 3.63) is 39.9 Å². The SMILES string of the molecule is CC(CO)CNS(=O)(=O)Cc1ccc([N+](=O)[O-])cc1. The third-order valence-electron chi connectivity index (χ3n) is 2.47. The molecule has 7 nitrogen and oxygen atoms in total. The van der Waals surface area contributed by atoms with Crippen molar-refractivity contribution in [2.75, 3.05) is 13.2 Å². The van der Waals surface area contributed by atoms with E-state index in [4.69, 9.17) is 5.11 Å². The average Bonchev–Trinajstić information content (AvgIpc) is 2.36. The fourth-order valence-corrected chi connectivity index (χ4v) is 2.59. The maximum atomic E-state index is 11.7. The highest BCUT2D eigenvalue weighted by atomic mass is 32.2. The van der Waals surface area contributed by atoms with Crippen LogP contribution in [0.2, 0.25) is 0 Å². The summed E-state index contributed by atoms with van der Waals surface area (Å²) in [4.78, 5) is 9.92. The van der Waals surface area contributed by atoms with E-state index in [9.17, 15) is 18.5 Å². The number of sulfonamides is 1. The Kier molecular flexibility index (Phi) is 5.40. The van der Waals surface area contributed by atoms with Gasteiger partial charge in [-0.3, -0.25) is 10.1 Å². The molecule has 0 saturated carbocycles. The van der Waals surface area contributed by atoms with Gasteiger partial charge in [0.05, 0.1) is 10.7 Å². The topological polar surface area (TPSA) is 110 Å². The van der Waals surface area contributed by atoms with E-state index in [0.29, 0.717) is 5.56 Å². The van der Waals surface area contributed by atoms with E-state index in [0.717, 1.165) is 0 Å². The van der Waals surface area contributed by atoms with Crippen LogP contribution in [0.5, 0.6) is 0 Å². The van der Waals surface area contributed by atoms with Crippen LogP contribution in [0.25, 0.3) is 0 Å². The highest BCUT2D eigenvalue weighted by Crippen LogP contribution is 2.13. The molecule has 2 N–H and O–H groups in total. The number of nitro groups is 1. The van der Waals surface area contributed by atoms with E-state index in [-0.39, 0.29) is 30.5 Å². The molecule has 19 heavy (non-hydrogen) atoms. The lowest BCUT2D eigenvalue weighted by atomic mass is 10.2. The fraction of sp³-hybridized carbons (Fsp3) is 0.455. The van der Waals surface area contributed by atoms with E-state index in [1.165, 1.54) is 24.3 Å². The van der Waals surface area contributed by atoms with Gasteiger partial charge in [0.25, 0.3) is 5.69 Å². The van der Waals surface area contributed by atoms with Crippen LogP contribution < -0.4 is 4.72 Å². The number of nitro benzene ring substituents is 1. The Balaban J connectivity index is 2.65. The number of benzene rings is 1. The third-order valence-corrected chi connectivity index (χ3v) is 3.79. The number of hydrogen-bond acceptors (Lipinski definition) is 5. The van der Waals surface area contributed by atoms with Crippen molar-refractivity contribution in [3.8, 4) is 0 Å². The van der Waals surface area contributed by atoms with Crippen LogP contribution in [-0.2, 0) is 15.8 Å². The first-order chi connectivity index (χ1) is 8.84. The van der Waals surface area contributed by atoms with Gasteiger partial charge in [-0.2, -0.15) is 0 Å². The molecule has 0 radical (unpaired) electrons. The summed E-state index contributed by atoms with van der Waals surface area (Å²) in [6.45, 7) is 1.78. The van der Waals surface area contributed by atoms with Gasteiger partial charge in [0.15, 0.2) is 0 Å². The van der Waals surface area contributed by atoms with Crippen LogP contribution in [0, 0.1) is 16.0 Å². The maximum absolute atomic E-state index is 11.7.